The van der Waals surface area contributed by atoms with E-state index < -0.39 is 30.4 Å². The van der Waals surface area contributed by atoms with Crippen molar-refractivity contribution in [2.24, 2.45) is 17.8 Å². The Bertz CT molecular complexity index is 1760. The molecule has 0 radical (unpaired) electrons. The van der Waals surface area contributed by atoms with E-state index in [2.05, 4.69) is 26.0 Å². The molecule has 2 heterocycles. The molecule has 1 aliphatic carbocycles. The van der Waals surface area contributed by atoms with Crippen LogP contribution in [0.5, 0.6) is 0 Å². The summed E-state index contributed by atoms with van der Waals surface area (Å²) in [5.74, 6) is -0.886. The Morgan fingerprint density at radius 2 is 1.47 bits per heavy atom. The molecule has 5 N–H and O–H groups in total. The number of likely N-dealkylation sites (tertiary alicyclic amines) is 1. The third kappa shape index (κ3) is 9.91. The number of nitrogens with zero attached hydrogens (tertiary/aromatic N) is 3. The van der Waals surface area contributed by atoms with Crippen LogP contribution in [0.1, 0.15) is 96.6 Å². The van der Waals surface area contributed by atoms with E-state index in [0.29, 0.717) is 25.2 Å². The van der Waals surface area contributed by atoms with Crippen molar-refractivity contribution in [1.29, 1.82) is 0 Å². The molecule has 14 nitrogen and oxygen atoms in total. The van der Waals surface area contributed by atoms with Gasteiger partial charge in [0, 0.05) is 25.6 Å². The van der Waals surface area contributed by atoms with Crippen LogP contribution >= 0.6 is 0 Å². The van der Waals surface area contributed by atoms with Gasteiger partial charge in [0.1, 0.15) is 11.9 Å². The first-order valence-corrected chi connectivity index (χ1v) is 19.3. The van der Waals surface area contributed by atoms with Gasteiger partial charge in [-0.3, -0.25) is 19.4 Å². The maximum Gasteiger partial charge on any atom is 0.407 e. The molecule has 55 heavy (non-hydrogen) atoms. The highest BCUT2D eigenvalue weighted by molar-refractivity contribution is 5.88. The number of aromatic amines is 1. The molecule has 1 aliphatic heterocycles. The highest BCUT2D eigenvalue weighted by atomic mass is 16.6. The third-order valence-corrected chi connectivity index (χ3v) is 10.8. The van der Waals surface area contributed by atoms with Gasteiger partial charge in [0.25, 0.3) is 0 Å². The first-order valence-electron chi connectivity index (χ1n) is 19.3. The molecule has 2 aromatic carbocycles. The van der Waals surface area contributed by atoms with E-state index >= 15 is 0 Å². The van der Waals surface area contributed by atoms with Gasteiger partial charge < -0.3 is 35.1 Å². The van der Waals surface area contributed by atoms with Gasteiger partial charge in [0.05, 0.1) is 37.0 Å². The number of hydrazine groups is 1. The molecule has 2 aliphatic rings. The number of ether oxygens (including phenoxy) is 2. The summed E-state index contributed by atoms with van der Waals surface area (Å²) >= 11 is 0. The monoisotopic (exact) mass is 759 g/mol. The van der Waals surface area contributed by atoms with Gasteiger partial charge in [-0.25, -0.2) is 9.78 Å². The lowest BCUT2D eigenvalue weighted by Crippen LogP contribution is -2.56. The molecule has 1 saturated carbocycles. The molecular weight excluding hydrogens is 702 g/mol. The minimum atomic E-state index is -1.33. The van der Waals surface area contributed by atoms with Crippen LogP contribution in [0, 0.1) is 17.8 Å². The van der Waals surface area contributed by atoms with Crippen LogP contribution in [-0.2, 0) is 23.9 Å². The maximum atomic E-state index is 13.6. The van der Waals surface area contributed by atoms with Crippen molar-refractivity contribution in [2.45, 2.75) is 104 Å². The number of H-pyrrole nitrogens is 1. The molecule has 0 bridgehead atoms. The van der Waals surface area contributed by atoms with E-state index in [9.17, 15) is 24.3 Å². The Morgan fingerprint density at radius 3 is 2.07 bits per heavy atom. The van der Waals surface area contributed by atoms with Crippen molar-refractivity contribution in [3.8, 4) is 22.4 Å². The molecule has 3 unspecified atom stereocenters. The summed E-state index contributed by atoms with van der Waals surface area (Å²) in [7, 11) is 2.63. The number of nitrogens with one attached hydrogen (secondary N) is 4. The van der Waals surface area contributed by atoms with Crippen LogP contribution < -0.4 is 16.1 Å². The van der Waals surface area contributed by atoms with Crippen LogP contribution in [0.3, 0.4) is 0 Å². The number of benzene rings is 2. The molecular formula is C41H57N7O7. The number of carbonyl (C=O) groups is 4. The van der Waals surface area contributed by atoms with Crippen molar-refractivity contribution < 1.29 is 33.8 Å². The number of alkyl carbamates (subject to hydrolysis) is 1. The molecule has 298 valence electrons. The quantitative estimate of drug-likeness (QED) is 0.106. The molecule has 1 saturated heterocycles. The highest BCUT2D eigenvalue weighted by Crippen LogP contribution is 2.35. The number of aromatic nitrogens is 2. The number of amides is 4. The second kappa shape index (κ2) is 18.7. The van der Waals surface area contributed by atoms with Gasteiger partial charge in [-0.05, 0) is 74.6 Å². The van der Waals surface area contributed by atoms with E-state index in [4.69, 9.17) is 9.47 Å². The van der Waals surface area contributed by atoms with Crippen LogP contribution in [0.25, 0.3) is 22.4 Å². The van der Waals surface area contributed by atoms with Crippen molar-refractivity contribution in [2.75, 3.05) is 20.8 Å². The summed E-state index contributed by atoms with van der Waals surface area (Å²) in [4.78, 5) is 62.5. The molecule has 0 spiro atoms. The normalized spacial score (nSPS) is 20.2. The minimum absolute atomic E-state index is 0.111. The number of aliphatic hydroxyl groups is 1. The summed E-state index contributed by atoms with van der Waals surface area (Å²) in [6.45, 7) is 10.0. The summed E-state index contributed by atoms with van der Waals surface area (Å²) in [5.41, 5.74) is 7.51. The van der Waals surface area contributed by atoms with Crippen LogP contribution in [0.15, 0.2) is 54.7 Å². The largest absolute Gasteiger partial charge is 0.453 e. The Kier molecular flexibility index (Phi) is 14.1. The molecule has 5 rings (SSSR count). The number of imidazole rings is 1. The number of rotatable bonds is 14. The van der Waals surface area contributed by atoms with Gasteiger partial charge >= 0.3 is 6.09 Å². The van der Waals surface area contributed by atoms with Crippen molar-refractivity contribution in [3.63, 3.8) is 0 Å². The Hall–Kier alpha value is -4.79. The molecule has 1 aromatic heterocycles. The molecule has 14 heteroatoms. The maximum absolute atomic E-state index is 13.6. The van der Waals surface area contributed by atoms with Gasteiger partial charge in [-0.15, -0.1) is 0 Å². The number of hydrogen-bond donors (Lipinski definition) is 5. The lowest BCUT2D eigenvalue weighted by atomic mass is 9.77. The standard InChI is InChI=1S/C41H57N7O7/c1-24(2)35(45-40(52)54-6)39(51)47-22-10-13-34(47)36-42-23-33(44-36)30-20-18-29(19-21-30)28-16-14-27(15-17-28)26(5)43-37(49)31-11-8-9-12-32(31)38(50)48(25(3)4)46-41(53)55-7/h14-21,23-26,31-32,34-35,41,46,53H,8-13,22H2,1-7H3,(H,42,44)(H,43,49)(H,45,52)/t26-,31?,32?,34-,35-,41?/m0/s1. The van der Waals surface area contributed by atoms with E-state index in [1.54, 1.807) is 11.1 Å². The van der Waals surface area contributed by atoms with Crippen molar-refractivity contribution in [3.05, 3.63) is 66.1 Å². The first kappa shape index (κ1) is 41.4. The second-order valence-electron chi connectivity index (χ2n) is 15.2. The summed E-state index contributed by atoms with van der Waals surface area (Å²) < 4.78 is 9.65. The third-order valence-electron chi connectivity index (χ3n) is 10.8. The summed E-state index contributed by atoms with van der Waals surface area (Å²) in [6.07, 6.45) is 4.40. The lowest BCUT2D eigenvalue weighted by molar-refractivity contribution is -0.171. The zero-order valence-corrected chi connectivity index (χ0v) is 33.0. The first-order chi connectivity index (χ1) is 26.3. The fraction of sp³-hybridized carbons (Fsp3) is 0.537. The molecule has 2 fully saturated rings. The predicted molar refractivity (Wildman–Crippen MR) is 207 cm³/mol. The summed E-state index contributed by atoms with van der Waals surface area (Å²) in [5, 5.41) is 17.2. The lowest BCUT2D eigenvalue weighted by Gasteiger charge is -2.37. The Morgan fingerprint density at radius 1 is 0.855 bits per heavy atom. The average molecular weight is 760 g/mol. The minimum Gasteiger partial charge on any atom is -0.453 e. The number of aliphatic hydroxyl groups excluding tert-OH is 1. The number of carbonyl (C=O) groups excluding carboxylic acids is 4. The Balaban J connectivity index is 1.21. The number of methoxy groups -OCH3 is 2. The fourth-order valence-corrected chi connectivity index (χ4v) is 7.61. The van der Waals surface area contributed by atoms with Gasteiger partial charge in [0.15, 0.2) is 0 Å². The van der Waals surface area contributed by atoms with Gasteiger partial charge in [-0.2, -0.15) is 5.43 Å². The van der Waals surface area contributed by atoms with Crippen LogP contribution in [-0.4, -0.2) is 88.1 Å². The predicted octanol–water partition coefficient (Wildman–Crippen LogP) is 5.44. The zero-order chi connectivity index (χ0) is 39.8. The van der Waals surface area contributed by atoms with E-state index in [1.807, 2.05) is 83.1 Å². The van der Waals surface area contributed by atoms with Crippen LogP contribution in [0.4, 0.5) is 4.79 Å². The smallest absolute Gasteiger partial charge is 0.407 e. The molecule has 4 amide bonds. The Labute approximate surface area is 323 Å². The number of hydrogen-bond acceptors (Lipinski definition) is 9. The second-order valence-corrected chi connectivity index (χ2v) is 15.2. The molecule has 6 atom stereocenters. The van der Waals surface area contributed by atoms with Crippen molar-refractivity contribution in [1.82, 2.24) is 35.9 Å². The topological polar surface area (TPSA) is 178 Å². The summed E-state index contributed by atoms with van der Waals surface area (Å²) in [6, 6.07) is 14.8. The zero-order valence-electron chi connectivity index (χ0n) is 33.0. The van der Waals surface area contributed by atoms with Gasteiger partial charge in [0.2, 0.25) is 24.1 Å². The van der Waals surface area contributed by atoms with Crippen LogP contribution in [0.2, 0.25) is 0 Å². The van der Waals surface area contributed by atoms with Gasteiger partial charge in [-0.1, -0.05) is 75.2 Å². The van der Waals surface area contributed by atoms with E-state index in [-0.39, 0.29) is 41.8 Å². The fourth-order valence-electron chi connectivity index (χ4n) is 7.61. The van der Waals surface area contributed by atoms with Crippen molar-refractivity contribution >= 4 is 23.8 Å². The SMILES string of the molecule is COC(=O)N[C@H](C(=O)N1CCC[C@H]1c1ncc(-c2ccc(-c3ccc([C@H](C)NC(=O)C4CCCCC4C(=O)N(NC(O)OC)C(C)C)cc3)cc2)[nH]1)C(C)C. The molecule has 3 aromatic rings. The highest BCUT2D eigenvalue weighted by Gasteiger charge is 2.40. The van der Waals surface area contributed by atoms with E-state index in [1.165, 1.54) is 19.2 Å². The average Bonchev–Trinajstić information content (AvgIpc) is 3.89. The van der Waals surface area contributed by atoms with E-state index in [0.717, 1.165) is 53.6 Å².